The summed E-state index contributed by atoms with van der Waals surface area (Å²) in [5.41, 5.74) is 1.56. The van der Waals surface area contributed by atoms with Gasteiger partial charge in [0, 0.05) is 31.3 Å². The SMILES string of the molecule is O=Cc1cnc(NCc2ccncc2)nc1. The summed E-state index contributed by atoms with van der Waals surface area (Å²) >= 11 is 0. The minimum atomic E-state index is 0.467. The Labute approximate surface area is 92.6 Å². The van der Waals surface area contributed by atoms with Crippen LogP contribution in [0.2, 0.25) is 0 Å². The largest absolute Gasteiger partial charge is 0.350 e. The van der Waals surface area contributed by atoms with Crippen molar-refractivity contribution in [1.82, 2.24) is 15.0 Å². The first kappa shape index (κ1) is 10.2. The molecule has 0 aliphatic heterocycles. The zero-order valence-corrected chi connectivity index (χ0v) is 8.50. The van der Waals surface area contributed by atoms with Gasteiger partial charge in [0.1, 0.15) is 0 Å². The van der Waals surface area contributed by atoms with Crippen molar-refractivity contribution in [2.75, 3.05) is 5.32 Å². The topological polar surface area (TPSA) is 67.8 Å². The summed E-state index contributed by atoms with van der Waals surface area (Å²) in [7, 11) is 0. The van der Waals surface area contributed by atoms with E-state index in [1.54, 1.807) is 12.4 Å². The highest BCUT2D eigenvalue weighted by atomic mass is 16.1. The van der Waals surface area contributed by atoms with Crippen LogP contribution in [0.1, 0.15) is 15.9 Å². The zero-order valence-electron chi connectivity index (χ0n) is 8.50. The summed E-state index contributed by atoms with van der Waals surface area (Å²) in [6.07, 6.45) is 7.14. The van der Waals surface area contributed by atoms with Gasteiger partial charge in [-0.3, -0.25) is 9.78 Å². The minimum absolute atomic E-state index is 0.467. The molecule has 0 atom stereocenters. The monoisotopic (exact) mass is 214 g/mol. The summed E-state index contributed by atoms with van der Waals surface area (Å²) in [5.74, 6) is 0.502. The van der Waals surface area contributed by atoms with Crippen LogP contribution >= 0.6 is 0 Å². The Morgan fingerprint density at radius 1 is 1.19 bits per heavy atom. The second-order valence-corrected chi connectivity index (χ2v) is 3.17. The maximum atomic E-state index is 10.4. The van der Waals surface area contributed by atoms with E-state index in [1.807, 2.05) is 12.1 Å². The molecule has 0 unspecified atom stereocenters. The van der Waals surface area contributed by atoms with Gasteiger partial charge in [-0.15, -0.1) is 0 Å². The average molecular weight is 214 g/mol. The first-order chi connectivity index (χ1) is 7.88. The number of pyridine rings is 1. The molecule has 2 heterocycles. The predicted octanol–water partition coefficient (Wildman–Crippen LogP) is 1.30. The van der Waals surface area contributed by atoms with E-state index in [1.165, 1.54) is 12.4 Å². The summed E-state index contributed by atoms with van der Waals surface area (Å²) < 4.78 is 0. The van der Waals surface area contributed by atoms with Crippen molar-refractivity contribution in [3.8, 4) is 0 Å². The van der Waals surface area contributed by atoms with Gasteiger partial charge >= 0.3 is 0 Å². The fraction of sp³-hybridized carbons (Fsp3) is 0.0909. The van der Waals surface area contributed by atoms with Gasteiger partial charge in [-0.25, -0.2) is 9.97 Å². The Morgan fingerprint density at radius 3 is 2.50 bits per heavy atom. The Balaban J connectivity index is 1.97. The standard InChI is InChI=1S/C11H10N4O/c16-8-10-6-14-11(15-7-10)13-5-9-1-3-12-4-2-9/h1-4,6-8H,5H2,(H,13,14,15). The van der Waals surface area contributed by atoms with Crippen molar-refractivity contribution in [2.24, 2.45) is 0 Å². The van der Waals surface area contributed by atoms with E-state index < -0.39 is 0 Å². The lowest BCUT2D eigenvalue weighted by molar-refractivity contribution is 0.112. The smallest absolute Gasteiger partial charge is 0.222 e. The summed E-state index contributed by atoms with van der Waals surface area (Å²) in [4.78, 5) is 22.3. The van der Waals surface area contributed by atoms with E-state index in [2.05, 4.69) is 20.3 Å². The Hall–Kier alpha value is -2.30. The number of hydrogen-bond donors (Lipinski definition) is 1. The van der Waals surface area contributed by atoms with Crippen molar-refractivity contribution in [2.45, 2.75) is 6.54 Å². The highest BCUT2D eigenvalue weighted by molar-refractivity contribution is 5.73. The molecule has 0 amide bonds. The number of anilines is 1. The third-order valence-corrected chi connectivity index (χ3v) is 2.01. The number of nitrogens with zero attached hydrogens (tertiary/aromatic N) is 3. The first-order valence-corrected chi connectivity index (χ1v) is 4.78. The van der Waals surface area contributed by atoms with Gasteiger partial charge in [-0.2, -0.15) is 0 Å². The van der Waals surface area contributed by atoms with Crippen LogP contribution in [0.4, 0.5) is 5.95 Å². The lowest BCUT2D eigenvalue weighted by Crippen LogP contribution is -2.03. The summed E-state index contributed by atoms with van der Waals surface area (Å²) in [6.45, 7) is 0.628. The minimum Gasteiger partial charge on any atom is -0.350 e. The Bertz CT molecular complexity index is 455. The fourth-order valence-corrected chi connectivity index (χ4v) is 1.17. The summed E-state index contributed by atoms with van der Waals surface area (Å²) in [6, 6.07) is 3.82. The fourth-order valence-electron chi connectivity index (χ4n) is 1.17. The lowest BCUT2D eigenvalue weighted by Gasteiger charge is -2.03. The van der Waals surface area contributed by atoms with Gasteiger partial charge in [0.2, 0.25) is 5.95 Å². The molecule has 5 heteroatoms. The molecule has 0 bridgehead atoms. The van der Waals surface area contributed by atoms with Crippen LogP contribution in [0.5, 0.6) is 0 Å². The van der Waals surface area contributed by atoms with E-state index in [4.69, 9.17) is 0 Å². The van der Waals surface area contributed by atoms with Crippen LogP contribution in [0.3, 0.4) is 0 Å². The molecule has 0 fully saturated rings. The van der Waals surface area contributed by atoms with Gasteiger partial charge in [-0.05, 0) is 17.7 Å². The van der Waals surface area contributed by atoms with Crippen LogP contribution in [-0.2, 0) is 6.54 Å². The molecule has 0 aromatic carbocycles. The quantitative estimate of drug-likeness (QED) is 0.777. The molecule has 80 valence electrons. The molecular weight excluding hydrogens is 204 g/mol. The Kier molecular flexibility index (Phi) is 3.18. The molecule has 0 aliphatic carbocycles. The van der Waals surface area contributed by atoms with Gasteiger partial charge in [0.15, 0.2) is 6.29 Å². The molecule has 0 saturated heterocycles. The van der Waals surface area contributed by atoms with Crippen LogP contribution < -0.4 is 5.32 Å². The van der Waals surface area contributed by atoms with Crippen molar-refractivity contribution >= 4 is 12.2 Å². The number of rotatable bonds is 4. The molecule has 2 aromatic rings. The van der Waals surface area contributed by atoms with E-state index >= 15 is 0 Å². The number of carbonyl (C=O) groups excluding carboxylic acids is 1. The van der Waals surface area contributed by atoms with Crippen molar-refractivity contribution < 1.29 is 4.79 Å². The normalized spacial score (nSPS) is 9.75. The van der Waals surface area contributed by atoms with E-state index in [-0.39, 0.29) is 0 Å². The Morgan fingerprint density at radius 2 is 1.88 bits per heavy atom. The number of hydrogen-bond acceptors (Lipinski definition) is 5. The molecule has 2 rings (SSSR count). The molecular formula is C11H10N4O. The molecule has 0 aliphatic rings. The first-order valence-electron chi connectivity index (χ1n) is 4.78. The van der Waals surface area contributed by atoms with E-state index in [0.29, 0.717) is 24.3 Å². The maximum absolute atomic E-state index is 10.4. The number of aromatic nitrogens is 3. The third-order valence-electron chi connectivity index (χ3n) is 2.01. The lowest BCUT2D eigenvalue weighted by atomic mass is 10.3. The molecule has 0 radical (unpaired) electrons. The van der Waals surface area contributed by atoms with Crippen molar-refractivity contribution in [3.63, 3.8) is 0 Å². The van der Waals surface area contributed by atoms with Gasteiger partial charge in [-0.1, -0.05) is 0 Å². The molecule has 1 N–H and O–H groups in total. The van der Waals surface area contributed by atoms with Crippen LogP contribution in [-0.4, -0.2) is 21.2 Å². The van der Waals surface area contributed by atoms with Crippen molar-refractivity contribution in [1.29, 1.82) is 0 Å². The van der Waals surface area contributed by atoms with Crippen molar-refractivity contribution in [3.05, 3.63) is 48.0 Å². The average Bonchev–Trinajstić information content (AvgIpc) is 2.38. The molecule has 16 heavy (non-hydrogen) atoms. The number of aldehydes is 1. The van der Waals surface area contributed by atoms with E-state index in [9.17, 15) is 4.79 Å². The summed E-state index contributed by atoms with van der Waals surface area (Å²) in [5, 5.41) is 3.05. The maximum Gasteiger partial charge on any atom is 0.222 e. The highest BCUT2D eigenvalue weighted by Gasteiger charge is 1.96. The van der Waals surface area contributed by atoms with Crippen LogP contribution in [0.25, 0.3) is 0 Å². The van der Waals surface area contributed by atoms with Crippen LogP contribution in [0, 0.1) is 0 Å². The second-order valence-electron chi connectivity index (χ2n) is 3.17. The molecule has 5 nitrogen and oxygen atoms in total. The molecule has 2 aromatic heterocycles. The zero-order chi connectivity index (χ0) is 11.2. The highest BCUT2D eigenvalue weighted by Crippen LogP contribution is 2.02. The van der Waals surface area contributed by atoms with E-state index in [0.717, 1.165) is 5.56 Å². The van der Waals surface area contributed by atoms with Crippen LogP contribution in [0.15, 0.2) is 36.9 Å². The molecule has 0 saturated carbocycles. The third kappa shape index (κ3) is 2.60. The number of carbonyl (C=O) groups is 1. The van der Waals surface area contributed by atoms with Gasteiger partial charge in [0.05, 0.1) is 5.56 Å². The predicted molar refractivity (Wildman–Crippen MR) is 59.0 cm³/mol. The number of nitrogens with one attached hydrogen (secondary N) is 1. The van der Waals surface area contributed by atoms with Gasteiger partial charge in [0.25, 0.3) is 0 Å². The second kappa shape index (κ2) is 4.97. The van der Waals surface area contributed by atoms with Gasteiger partial charge < -0.3 is 5.32 Å². The molecule has 0 spiro atoms.